The number of alkyl halides is 3. The smallest absolute Gasteiger partial charge is 0.369 e. The molecule has 1 aromatic heterocycles. The zero-order chi connectivity index (χ0) is 22.3. The quantitative estimate of drug-likeness (QED) is 0.633. The maximum atomic E-state index is 12.9. The molecule has 0 aliphatic carbocycles. The average Bonchev–Trinajstić information content (AvgIpc) is 3.06. The van der Waals surface area contributed by atoms with Gasteiger partial charge in [-0.25, -0.2) is 0 Å². The summed E-state index contributed by atoms with van der Waals surface area (Å²) >= 11 is 0. The van der Waals surface area contributed by atoms with Crippen LogP contribution in [0.1, 0.15) is 17.2 Å². The summed E-state index contributed by atoms with van der Waals surface area (Å²) < 4.78 is 40.6. The van der Waals surface area contributed by atoms with Crippen LogP contribution in [0.3, 0.4) is 0 Å². The summed E-state index contributed by atoms with van der Waals surface area (Å²) in [5.41, 5.74) is 7.04. The largest absolute Gasteiger partial charge is 0.416 e. The van der Waals surface area contributed by atoms with Crippen molar-refractivity contribution < 1.29 is 22.8 Å². The van der Waals surface area contributed by atoms with Gasteiger partial charge >= 0.3 is 6.18 Å². The van der Waals surface area contributed by atoms with E-state index in [1.54, 1.807) is 21.7 Å². The number of benzene rings is 2. The number of hydrogen-bond acceptors (Lipinski definition) is 3. The highest BCUT2D eigenvalue weighted by Crippen LogP contribution is 2.36. The van der Waals surface area contributed by atoms with E-state index in [4.69, 9.17) is 5.73 Å². The minimum absolute atomic E-state index is 0.00247. The molecular weight excluding hydrogens is 409 g/mol. The first-order valence-corrected chi connectivity index (χ1v) is 9.56. The first-order chi connectivity index (χ1) is 14.7. The Morgan fingerprint density at radius 2 is 1.84 bits per heavy atom. The van der Waals surface area contributed by atoms with E-state index < -0.39 is 17.6 Å². The second kappa shape index (κ2) is 7.57. The molecule has 31 heavy (non-hydrogen) atoms. The Labute approximate surface area is 175 Å². The SMILES string of the molecule is C=CC(=O)N1CC(n2nc(-c3ccc(C(F)(F)F)cc3)c3cccc(CC(N)=O)c32)C1. The highest BCUT2D eigenvalue weighted by atomic mass is 19.4. The summed E-state index contributed by atoms with van der Waals surface area (Å²) in [5.74, 6) is -0.693. The number of carbonyl (C=O) groups excluding carboxylic acids is 2. The van der Waals surface area contributed by atoms with E-state index in [1.807, 2.05) is 6.07 Å². The lowest BCUT2D eigenvalue weighted by Crippen LogP contribution is -2.50. The number of hydrogen-bond donors (Lipinski definition) is 1. The van der Waals surface area contributed by atoms with Crippen LogP contribution in [-0.2, 0) is 22.2 Å². The fraction of sp³-hybridized carbons (Fsp3) is 0.227. The number of aromatic nitrogens is 2. The van der Waals surface area contributed by atoms with Gasteiger partial charge in [0.05, 0.1) is 23.5 Å². The topological polar surface area (TPSA) is 81.2 Å². The Morgan fingerprint density at radius 3 is 2.42 bits per heavy atom. The predicted molar refractivity (Wildman–Crippen MR) is 109 cm³/mol. The van der Waals surface area contributed by atoms with Crippen LogP contribution in [0, 0.1) is 0 Å². The fourth-order valence-electron chi connectivity index (χ4n) is 3.81. The summed E-state index contributed by atoms with van der Waals surface area (Å²) in [6, 6.07) is 9.99. The third-order valence-electron chi connectivity index (χ3n) is 5.36. The van der Waals surface area contributed by atoms with Gasteiger partial charge in [0.2, 0.25) is 11.8 Å². The van der Waals surface area contributed by atoms with Crippen molar-refractivity contribution in [3.63, 3.8) is 0 Å². The van der Waals surface area contributed by atoms with Gasteiger partial charge in [0, 0.05) is 24.0 Å². The van der Waals surface area contributed by atoms with Crippen LogP contribution in [-0.4, -0.2) is 39.6 Å². The van der Waals surface area contributed by atoms with E-state index in [0.717, 1.165) is 12.1 Å². The highest BCUT2D eigenvalue weighted by Gasteiger charge is 2.34. The molecule has 0 spiro atoms. The Hall–Kier alpha value is -3.62. The van der Waals surface area contributed by atoms with Crippen LogP contribution in [0.2, 0.25) is 0 Å². The van der Waals surface area contributed by atoms with E-state index in [0.29, 0.717) is 40.8 Å². The zero-order valence-corrected chi connectivity index (χ0v) is 16.4. The summed E-state index contributed by atoms with van der Waals surface area (Å²) in [7, 11) is 0. The highest BCUT2D eigenvalue weighted by molar-refractivity contribution is 5.97. The van der Waals surface area contributed by atoms with Crippen molar-refractivity contribution in [3.05, 3.63) is 66.2 Å². The number of carbonyl (C=O) groups is 2. The predicted octanol–water partition coefficient (Wildman–Crippen LogP) is 3.32. The molecule has 3 aromatic rings. The average molecular weight is 428 g/mol. The molecular formula is C22H19F3N4O2. The molecule has 1 saturated heterocycles. The monoisotopic (exact) mass is 428 g/mol. The molecule has 0 saturated carbocycles. The molecule has 160 valence electrons. The van der Waals surface area contributed by atoms with Crippen molar-refractivity contribution in [2.75, 3.05) is 13.1 Å². The van der Waals surface area contributed by atoms with Crippen molar-refractivity contribution in [3.8, 4) is 11.3 Å². The maximum absolute atomic E-state index is 12.9. The fourth-order valence-corrected chi connectivity index (χ4v) is 3.81. The lowest BCUT2D eigenvalue weighted by atomic mass is 10.0. The van der Waals surface area contributed by atoms with Crippen LogP contribution in [0.25, 0.3) is 22.2 Å². The zero-order valence-electron chi connectivity index (χ0n) is 16.4. The van der Waals surface area contributed by atoms with E-state index in [-0.39, 0.29) is 18.4 Å². The molecule has 2 heterocycles. The Balaban J connectivity index is 1.81. The molecule has 2 N–H and O–H groups in total. The third-order valence-corrected chi connectivity index (χ3v) is 5.36. The van der Waals surface area contributed by atoms with Crippen molar-refractivity contribution in [1.29, 1.82) is 0 Å². The molecule has 0 radical (unpaired) electrons. The van der Waals surface area contributed by atoms with E-state index in [1.165, 1.54) is 18.2 Å². The lowest BCUT2D eigenvalue weighted by Gasteiger charge is -2.39. The normalized spacial score (nSPS) is 14.5. The molecule has 1 aliphatic heterocycles. The number of amides is 2. The molecule has 4 rings (SSSR count). The first-order valence-electron chi connectivity index (χ1n) is 9.56. The second-order valence-corrected chi connectivity index (χ2v) is 7.43. The van der Waals surface area contributed by atoms with Crippen molar-refractivity contribution in [2.45, 2.75) is 18.6 Å². The molecule has 0 atom stereocenters. The molecule has 0 unspecified atom stereocenters. The van der Waals surface area contributed by atoms with Crippen LogP contribution < -0.4 is 5.73 Å². The van der Waals surface area contributed by atoms with Crippen LogP contribution in [0.15, 0.2) is 55.1 Å². The number of para-hydroxylation sites is 1. The Bertz CT molecular complexity index is 1180. The lowest BCUT2D eigenvalue weighted by molar-refractivity contribution is -0.137. The minimum Gasteiger partial charge on any atom is -0.369 e. The molecule has 9 heteroatoms. The van der Waals surface area contributed by atoms with Gasteiger partial charge < -0.3 is 10.6 Å². The number of fused-ring (bicyclic) bond motifs is 1. The molecule has 1 aliphatic rings. The van der Waals surface area contributed by atoms with Crippen molar-refractivity contribution in [2.24, 2.45) is 5.73 Å². The van der Waals surface area contributed by atoms with E-state index >= 15 is 0 Å². The molecule has 2 amide bonds. The van der Waals surface area contributed by atoms with Gasteiger partial charge in [0.25, 0.3) is 0 Å². The summed E-state index contributed by atoms with van der Waals surface area (Å²) in [6.07, 6.45) is -3.19. The molecule has 0 bridgehead atoms. The van der Waals surface area contributed by atoms with Crippen molar-refractivity contribution >= 4 is 22.7 Å². The van der Waals surface area contributed by atoms with Gasteiger partial charge in [-0.1, -0.05) is 36.9 Å². The van der Waals surface area contributed by atoms with Crippen molar-refractivity contribution in [1.82, 2.24) is 14.7 Å². The van der Waals surface area contributed by atoms with Crippen LogP contribution in [0.5, 0.6) is 0 Å². The molecule has 2 aromatic carbocycles. The van der Waals surface area contributed by atoms with Gasteiger partial charge in [-0.15, -0.1) is 0 Å². The molecule has 6 nitrogen and oxygen atoms in total. The van der Waals surface area contributed by atoms with E-state index in [9.17, 15) is 22.8 Å². The number of rotatable bonds is 5. The second-order valence-electron chi connectivity index (χ2n) is 7.43. The number of nitrogens with two attached hydrogens (primary N) is 1. The van der Waals surface area contributed by atoms with Crippen LogP contribution in [0.4, 0.5) is 13.2 Å². The summed E-state index contributed by atoms with van der Waals surface area (Å²) in [6.45, 7) is 4.31. The number of likely N-dealkylation sites (tertiary alicyclic amines) is 1. The van der Waals surface area contributed by atoms with Gasteiger partial charge in [-0.2, -0.15) is 18.3 Å². The number of nitrogens with zero attached hydrogens (tertiary/aromatic N) is 3. The number of halogens is 3. The number of primary amides is 1. The third kappa shape index (κ3) is 3.78. The standard InChI is InChI=1S/C22H19F3N4O2/c1-2-19(31)28-11-16(12-28)29-21-14(10-18(26)30)4-3-5-17(21)20(27-29)13-6-8-15(9-7-13)22(23,24)25/h2-9,16H,1,10-12H2,(H2,26,30). The summed E-state index contributed by atoms with van der Waals surface area (Å²) in [5, 5.41) is 5.38. The van der Waals surface area contributed by atoms with E-state index in [2.05, 4.69) is 11.7 Å². The van der Waals surface area contributed by atoms with Gasteiger partial charge in [-0.05, 0) is 23.8 Å². The minimum atomic E-state index is -4.43. The van der Waals surface area contributed by atoms with Gasteiger partial charge in [0.15, 0.2) is 0 Å². The van der Waals surface area contributed by atoms with Crippen LogP contribution >= 0.6 is 0 Å². The molecule has 1 fully saturated rings. The Kier molecular flexibility index (Phi) is 5.04. The van der Waals surface area contributed by atoms with Gasteiger partial charge in [-0.3, -0.25) is 14.3 Å². The Morgan fingerprint density at radius 1 is 1.16 bits per heavy atom. The maximum Gasteiger partial charge on any atom is 0.416 e. The first kappa shape index (κ1) is 20.6. The summed E-state index contributed by atoms with van der Waals surface area (Å²) in [4.78, 5) is 25.0. The van der Waals surface area contributed by atoms with Gasteiger partial charge in [0.1, 0.15) is 5.69 Å².